The number of benzene rings is 1. The Hall–Kier alpha value is -1.52. The molecule has 0 radical (unpaired) electrons. The summed E-state index contributed by atoms with van der Waals surface area (Å²) in [6.07, 6.45) is 1.04. The van der Waals surface area contributed by atoms with Crippen LogP contribution in [0, 0.1) is 0 Å². The van der Waals surface area contributed by atoms with Gasteiger partial charge >= 0.3 is 0 Å². The minimum atomic E-state index is 0.176. The third kappa shape index (κ3) is 2.91. The predicted molar refractivity (Wildman–Crippen MR) is 77.7 cm³/mol. The van der Waals surface area contributed by atoms with Crippen molar-refractivity contribution in [1.29, 1.82) is 0 Å². The Kier molecular flexibility index (Phi) is 3.21. The number of hydrogen-bond donors (Lipinski definition) is 2. The smallest absolute Gasteiger partial charge is 0.223 e. The zero-order chi connectivity index (χ0) is 13.4. The fraction of sp³-hybridized carbons (Fsp3) is 0.231. The topological polar surface area (TPSA) is 63.8 Å². The first-order valence-electron chi connectivity index (χ1n) is 5.94. The lowest BCUT2D eigenvalue weighted by molar-refractivity contribution is 1.02. The minimum absolute atomic E-state index is 0.176. The van der Waals surface area contributed by atoms with E-state index in [0.29, 0.717) is 22.9 Å². The van der Waals surface area contributed by atoms with E-state index >= 15 is 0 Å². The number of nitrogen functional groups attached to an aromatic ring is 1. The second-order valence-electron chi connectivity index (χ2n) is 4.58. The summed E-state index contributed by atoms with van der Waals surface area (Å²) in [6, 6.07) is 9.93. The van der Waals surface area contributed by atoms with Gasteiger partial charge in [0.25, 0.3) is 0 Å². The molecule has 0 aliphatic heterocycles. The van der Waals surface area contributed by atoms with Gasteiger partial charge < -0.3 is 11.1 Å². The minimum Gasteiger partial charge on any atom is -0.368 e. The molecule has 1 fully saturated rings. The second-order valence-corrected chi connectivity index (χ2v) is 5.41. The van der Waals surface area contributed by atoms with Gasteiger partial charge in [-0.15, -0.1) is 0 Å². The highest BCUT2D eigenvalue weighted by atomic mass is 35.5. The summed E-state index contributed by atoms with van der Waals surface area (Å²) in [5, 5.41) is 4.41. The number of nitrogens with one attached hydrogen (secondary N) is 1. The molecule has 2 aromatic rings. The van der Waals surface area contributed by atoms with Gasteiger partial charge in [-0.25, -0.2) is 4.98 Å². The molecule has 1 aliphatic carbocycles. The van der Waals surface area contributed by atoms with Crippen LogP contribution in [-0.4, -0.2) is 16.0 Å². The number of hydrogen-bond acceptors (Lipinski definition) is 4. The third-order valence-corrected chi connectivity index (χ3v) is 3.54. The van der Waals surface area contributed by atoms with Crippen molar-refractivity contribution in [2.24, 2.45) is 0 Å². The standard InChI is InChI=1S/C13H12Cl2N4/c14-8-3-1-2-7(4-8)9-5-10(9)17-12-6-11(15)18-13(16)19-12/h1-4,6,9-10H,5H2,(H3,16,17,18,19). The lowest BCUT2D eigenvalue weighted by Gasteiger charge is -2.06. The number of halogens is 2. The zero-order valence-electron chi connectivity index (χ0n) is 9.98. The maximum Gasteiger partial charge on any atom is 0.223 e. The normalized spacial score (nSPS) is 21.2. The molecule has 3 rings (SSSR count). The van der Waals surface area contributed by atoms with Crippen LogP contribution in [0.3, 0.4) is 0 Å². The maximum atomic E-state index is 5.99. The highest BCUT2D eigenvalue weighted by Gasteiger charge is 2.38. The molecule has 0 amide bonds. The molecule has 1 heterocycles. The van der Waals surface area contributed by atoms with Crippen molar-refractivity contribution in [3.8, 4) is 0 Å². The number of rotatable bonds is 3. The molecule has 19 heavy (non-hydrogen) atoms. The van der Waals surface area contributed by atoms with E-state index in [1.807, 2.05) is 18.2 Å². The largest absolute Gasteiger partial charge is 0.368 e. The van der Waals surface area contributed by atoms with Crippen LogP contribution in [0.25, 0.3) is 0 Å². The molecule has 2 atom stereocenters. The Bertz CT molecular complexity index is 597. The van der Waals surface area contributed by atoms with E-state index in [1.54, 1.807) is 6.07 Å². The summed E-state index contributed by atoms with van der Waals surface area (Å²) in [5.41, 5.74) is 6.79. The van der Waals surface area contributed by atoms with E-state index in [1.165, 1.54) is 5.56 Å². The van der Waals surface area contributed by atoms with Crippen molar-refractivity contribution in [3.05, 3.63) is 46.1 Å². The van der Waals surface area contributed by atoms with Gasteiger partial charge in [-0.2, -0.15) is 4.98 Å². The first-order chi connectivity index (χ1) is 9.11. The van der Waals surface area contributed by atoms with Gasteiger partial charge in [0.1, 0.15) is 11.0 Å². The molecule has 6 heteroatoms. The van der Waals surface area contributed by atoms with E-state index in [-0.39, 0.29) is 5.95 Å². The van der Waals surface area contributed by atoms with Crippen molar-refractivity contribution >= 4 is 35.0 Å². The number of nitrogens with zero attached hydrogens (tertiary/aromatic N) is 2. The summed E-state index contributed by atoms with van der Waals surface area (Å²) >= 11 is 11.8. The Morgan fingerprint density at radius 1 is 1.21 bits per heavy atom. The fourth-order valence-electron chi connectivity index (χ4n) is 2.16. The lowest BCUT2D eigenvalue weighted by atomic mass is 10.1. The molecule has 0 saturated heterocycles. The van der Waals surface area contributed by atoms with E-state index in [9.17, 15) is 0 Å². The van der Waals surface area contributed by atoms with E-state index in [4.69, 9.17) is 28.9 Å². The van der Waals surface area contributed by atoms with Crippen molar-refractivity contribution in [2.45, 2.75) is 18.4 Å². The SMILES string of the molecule is Nc1nc(Cl)cc(NC2CC2c2cccc(Cl)c2)n1. The number of anilines is 2. The molecular formula is C13H12Cl2N4. The van der Waals surface area contributed by atoms with Crippen molar-refractivity contribution in [2.75, 3.05) is 11.1 Å². The summed E-state index contributed by atoms with van der Waals surface area (Å²) in [6.45, 7) is 0. The van der Waals surface area contributed by atoms with E-state index < -0.39 is 0 Å². The summed E-state index contributed by atoms with van der Waals surface area (Å²) in [4.78, 5) is 7.93. The van der Waals surface area contributed by atoms with Crippen molar-refractivity contribution in [3.63, 3.8) is 0 Å². The number of aromatic nitrogens is 2. The maximum absolute atomic E-state index is 5.99. The molecule has 3 N–H and O–H groups in total. The van der Waals surface area contributed by atoms with Gasteiger partial charge in [0, 0.05) is 23.0 Å². The molecule has 98 valence electrons. The summed E-state index contributed by atoms with van der Waals surface area (Å²) in [7, 11) is 0. The lowest BCUT2D eigenvalue weighted by Crippen LogP contribution is -2.07. The summed E-state index contributed by atoms with van der Waals surface area (Å²) < 4.78 is 0. The van der Waals surface area contributed by atoms with Gasteiger partial charge in [-0.1, -0.05) is 35.3 Å². The molecule has 0 bridgehead atoms. The predicted octanol–water partition coefficient (Wildman–Crippen LogP) is 3.33. The zero-order valence-corrected chi connectivity index (χ0v) is 11.5. The molecule has 0 spiro atoms. The van der Waals surface area contributed by atoms with Crippen LogP contribution in [-0.2, 0) is 0 Å². The van der Waals surface area contributed by atoms with Crippen LogP contribution in [0.2, 0.25) is 10.2 Å². The van der Waals surface area contributed by atoms with E-state index in [0.717, 1.165) is 11.4 Å². The van der Waals surface area contributed by atoms with Gasteiger partial charge in [0.05, 0.1) is 0 Å². The van der Waals surface area contributed by atoms with Gasteiger partial charge in [-0.05, 0) is 24.1 Å². The first-order valence-corrected chi connectivity index (χ1v) is 6.69. The summed E-state index contributed by atoms with van der Waals surface area (Å²) in [5.74, 6) is 1.29. The average Bonchev–Trinajstić information content (AvgIpc) is 3.07. The van der Waals surface area contributed by atoms with Crippen LogP contribution in [0.1, 0.15) is 17.9 Å². The van der Waals surface area contributed by atoms with Gasteiger partial charge in [-0.3, -0.25) is 0 Å². The Morgan fingerprint density at radius 3 is 2.79 bits per heavy atom. The van der Waals surface area contributed by atoms with Crippen LogP contribution >= 0.6 is 23.2 Å². The van der Waals surface area contributed by atoms with Gasteiger partial charge in [0.15, 0.2) is 0 Å². The molecular weight excluding hydrogens is 283 g/mol. The quantitative estimate of drug-likeness (QED) is 0.852. The monoisotopic (exact) mass is 294 g/mol. The van der Waals surface area contributed by atoms with Crippen LogP contribution in [0.5, 0.6) is 0 Å². The Morgan fingerprint density at radius 2 is 2.05 bits per heavy atom. The highest BCUT2D eigenvalue weighted by Crippen LogP contribution is 2.43. The molecule has 1 aromatic heterocycles. The van der Waals surface area contributed by atoms with Crippen molar-refractivity contribution < 1.29 is 0 Å². The van der Waals surface area contributed by atoms with Crippen LogP contribution in [0.4, 0.5) is 11.8 Å². The molecule has 1 aromatic carbocycles. The number of nitrogens with two attached hydrogens (primary N) is 1. The van der Waals surface area contributed by atoms with E-state index in [2.05, 4.69) is 21.4 Å². The molecule has 1 aliphatic rings. The van der Waals surface area contributed by atoms with Gasteiger partial charge in [0.2, 0.25) is 5.95 Å². The molecule has 4 nitrogen and oxygen atoms in total. The third-order valence-electron chi connectivity index (χ3n) is 3.11. The fourth-order valence-corrected chi connectivity index (χ4v) is 2.55. The molecule has 1 saturated carbocycles. The second kappa shape index (κ2) is 4.87. The van der Waals surface area contributed by atoms with Crippen LogP contribution in [0.15, 0.2) is 30.3 Å². The Labute approximate surface area is 121 Å². The molecule has 2 unspecified atom stereocenters. The van der Waals surface area contributed by atoms with Crippen molar-refractivity contribution in [1.82, 2.24) is 9.97 Å². The van der Waals surface area contributed by atoms with Crippen LogP contribution < -0.4 is 11.1 Å². The average molecular weight is 295 g/mol. The first kappa shape index (κ1) is 12.5. The highest BCUT2D eigenvalue weighted by molar-refractivity contribution is 6.30. The Balaban J connectivity index is 1.70.